The summed E-state index contributed by atoms with van der Waals surface area (Å²) in [6.45, 7) is 1.85. The van der Waals surface area contributed by atoms with Gasteiger partial charge >= 0.3 is 5.97 Å². The van der Waals surface area contributed by atoms with Crippen molar-refractivity contribution in [2.24, 2.45) is 0 Å². The molecule has 0 bridgehead atoms. The summed E-state index contributed by atoms with van der Waals surface area (Å²) >= 11 is 0. The average molecular weight is 242 g/mol. The molecular weight excluding hydrogens is 232 g/mol. The second-order valence-electron chi connectivity index (χ2n) is 3.98. The van der Waals surface area contributed by atoms with Gasteiger partial charge in [0.25, 0.3) is 0 Å². The van der Waals surface area contributed by atoms with Crippen LogP contribution in [0.5, 0.6) is 0 Å². The molecule has 0 unspecified atom stereocenters. The van der Waals surface area contributed by atoms with Crippen molar-refractivity contribution >= 4 is 11.6 Å². The third kappa shape index (κ3) is 1.41. The van der Waals surface area contributed by atoms with E-state index in [0.29, 0.717) is 5.56 Å². The Hall–Kier alpha value is -2.56. The third-order valence-electron chi connectivity index (χ3n) is 2.85. The number of carboxylic acids is 1. The molecule has 0 saturated carbocycles. The Bertz CT molecular complexity index is 740. The molecule has 5 nitrogen and oxygen atoms in total. The molecule has 0 aromatic carbocycles. The van der Waals surface area contributed by atoms with Crippen LogP contribution in [0.1, 0.15) is 16.1 Å². The second kappa shape index (κ2) is 3.73. The molecule has 3 aromatic rings. The van der Waals surface area contributed by atoms with Crippen molar-refractivity contribution < 1.29 is 14.3 Å². The molecule has 3 aromatic heterocycles. The smallest absolute Gasteiger partial charge is 0.339 e. The highest BCUT2D eigenvalue weighted by Crippen LogP contribution is 2.28. The van der Waals surface area contributed by atoms with Crippen molar-refractivity contribution in [2.75, 3.05) is 0 Å². The summed E-state index contributed by atoms with van der Waals surface area (Å²) in [6.07, 6.45) is 4.52. The normalized spacial score (nSPS) is 10.9. The molecule has 0 radical (unpaired) electrons. The Morgan fingerprint density at radius 2 is 2.22 bits per heavy atom. The van der Waals surface area contributed by atoms with Gasteiger partial charge in [-0.15, -0.1) is 0 Å². The van der Waals surface area contributed by atoms with Crippen molar-refractivity contribution in [3.63, 3.8) is 0 Å². The average Bonchev–Trinajstić information content (AvgIpc) is 2.91. The van der Waals surface area contributed by atoms with Gasteiger partial charge in [0, 0.05) is 6.20 Å². The maximum absolute atomic E-state index is 11.1. The number of aromatic carboxylic acids is 1. The van der Waals surface area contributed by atoms with Gasteiger partial charge in [0.2, 0.25) is 0 Å². The first-order chi connectivity index (χ1) is 8.68. The first kappa shape index (κ1) is 10.6. The van der Waals surface area contributed by atoms with Gasteiger partial charge in [0.1, 0.15) is 23.7 Å². The fraction of sp³-hybridized carbons (Fsp3) is 0.0769. The lowest BCUT2D eigenvalue weighted by Gasteiger charge is -2.01. The Balaban J connectivity index is 2.34. The van der Waals surface area contributed by atoms with Crippen LogP contribution in [0, 0.1) is 6.92 Å². The highest BCUT2D eigenvalue weighted by Gasteiger charge is 2.19. The number of hydrogen-bond donors (Lipinski definition) is 1. The quantitative estimate of drug-likeness (QED) is 0.750. The molecule has 0 aliphatic rings. The largest absolute Gasteiger partial charge is 0.478 e. The van der Waals surface area contributed by atoms with Crippen LogP contribution >= 0.6 is 0 Å². The highest BCUT2D eigenvalue weighted by molar-refractivity contribution is 5.95. The van der Waals surface area contributed by atoms with Crippen LogP contribution in [0.3, 0.4) is 0 Å². The predicted molar refractivity (Wildman–Crippen MR) is 64.6 cm³/mol. The number of imidazole rings is 1. The number of hydrogen-bond acceptors (Lipinski definition) is 3. The molecule has 0 fully saturated rings. The van der Waals surface area contributed by atoms with E-state index in [2.05, 4.69) is 4.98 Å². The van der Waals surface area contributed by atoms with E-state index in [-0.39, 0.29) is 5.56 Å². The Morgan fingerprint density at radius 3 is 3.00 bits per heavy atom. The minimum absolute atomic E-state index is 0.142. The summed E-state index contributed by atoms with van der Waals surface area (Å²) in [5.41, 5.74) is 2.98. The maximum Gasteiger partial charge on any atom is 0.339 e. The van der Waals surface area contributed by atoms with Crippen LogP contribution in [0.2, 0.25) is 0 Å². The third-order valence-corrected chi connectivity index (χ3v) is 2.85. The van der Waals surface area contributed by atoms with Gasteiger partial charge in [-0.05, 0) is 19.1 Å². The van der Waals surface area contributed by atoms with Gasteiger partial charge in [-0.2, -0.15) is 0 Å². The molecule has 3 rings (SSSR count). The van der Waals surface area contributed by atoms with E-state index < -0.39 is 5.97 Å². The van der Waals surface area contributed by atoms with Crippen LogP contribution in [0.25, 0.3) is 16.9 Å². The molecule has 0 aliphatic carbocycles. The van der Waals surface area contributed by atoms with Crippen LogP contribution in [-0.2, 0) is 0 Å². The Labute approximate surface area is 102 Å². The van der Waals surface area contributed by atoms with Crippen LogP contribution in [0.4, 0.5) is 0 Å². The van der Waals surface area contributed by atoms with E-state index in [4.69, 9.17) is 9.52 Å². The van der Waals surface area contributed by atoms with E-state index in [1.165, 1.54) is 12.5 Å². The zero-order chi connectivity index (χ0) is 12.7. The number of fused-ring (bicyclic) bond motifs is 1. The molecule has 1 N–H and O–H groups in total. The summed E-state index contributed by atoms with van der Waals surface area (Å²) in [6, 6.07) is 5.63. The number of nitrogens with zero attached hydrogens (tertiary/aromatic N) is 2. The number of rotatable bonds is 2. The topological polar surface area (TPSA) is 67.7 Å². The van der Waals surface area contributed by atoms with Gasteiger partial charge in [-0.3, -0.25) is 4.40 Å². The molecule has 0 spiro atoms. The molecule has 0 atom stereocenters. The van der Waals surface area contributed by atoms with Gasteiger partial charge in [-0.1, -0.05) is 6.07 Å². The van der Waals surface area contributed by atoms with Gasteiger partial charge < -0.3 is 9.52 Å². The van der Waals surface area contributed by atoms with E-state index >= 15 is 0 Å². The molecular formula is C13H10N2O3. The van der Waals surface area contributed by atoms with Crippen LogP contribution in [-0.4, -0.2) is 20.5 Å². The number of aryl methyl sites for hydroxylation is 1. The summed E-state index contributed by atoms with van der Waals surface area (Å²) < 4.78 is 6.87. The van der Waals surface area contributed by atoms with Crippen molar-refractivity contribution in [3.05, 3.63) is 48.2 Å². The van der Waals surface area contributed by atoms with Crippen molar-refractivity contribution in [3.8, 4) is 11.3 Å². The first-order valence-corrected chi connectivity index (χ1v) is 5.42. The lowest BCUT2D eigenvalue weighted by Crippen LogP contribution is -1.98. The molecule has 0 aliphatic heterocycles. The lowest BCUT2D eigenvalue weighted by molar-refractivity contribution is 0.0697. The Kier molecular flexibility index (Phi) is 2.19. The molecule has 18 heavy (non-hydrogen) atoms. The Morgan fingerprint density at radius 1 is 1.39 bits per heavy atom. The number of furan rings is 1. The van der Waals surface area contributed by atoms with Crippen LogP contribution in [0.15, 0.2) is 41.3 Å². The zero-order valence-electron chi connectivity index (χ0n) is 9.62. The van der Waals surface area contributed by atoms with Gasteiger partial charge in [0.15, 0.2) is 0 Å². The van der Waals surface area contributed by atoms with Crippen molar-refractivity contribution in [2.45, 2.75) is 6.92 Å². The minimum Gasteiger partial charge on any atom is -0.478 e. The van der Waals surface area contributed by atoms with Crippen molar-refractivity contribution in [1.82, 2.24) is 9.38 Å². The summed E-state index contributed by atoms with van der Waals surface area (Å²) in [4.78, 5) is 15.5. The first-order valence-electron chi connectivity index (χ1n) is 5.42. The number of aromatic nitrogens is 2. The maximum atomic E-state index is 11.1. The molecule has 90 valence electrons. The van der Waals surface area contributed by atoms with E-state index in [9.17, 15) is 4.79 Å². The number of carbonyl (C=O) groups is 1. The fourth-order valence-corrected chi connectivity index (χ4v) is 2.08. The molecule has 5 heteroatoms. The van der Waals surface area contributed by atoms with E-state index in [1.807, 2.05) is 35.7 Å². The van der Waals surface area contributed by atoms with E-state index in [1.54, 1.807) is 0 Å². The van der Waals surface area contributed by atoms with Crippen LogP contribution < -0.4 is 0 Å². The summed E-state index contributed by atoms with van der Waals surface area (Å²) in [7, 11) is 0. The second-order valence-corrected chi connectivity index (χ2v) is 3.98. The number of pyridine rings is 1. The summed E-state index contributed by atoms with van der Waals surface area (Å²) in [5, 5.41) is 9.13. The molecule has 0 saturated heterocycles. The monoisotopic (exact) mass is 242 g/mol. The molecule has 0 amide bonds. The minimum atomic E-state index is -1.01. The zero-order valence-corrected chi connectivity index (χ0v) is 9.62. The van der Waals surface area contributed by atoms with Crippen molar-refractivity contribution in [1.29, 1.82) is 0 Å². The van der Waals surface area contributed by atoms with Gasteiger partial charge in [-0.25, -0.2) is 9.78 Å². The standard InChI is InChI=1S/C13H10N2O3/c1-8-12(9-6-18-7-10(9)13(16)17)15-5-3-2-4-11(15)14-8/h2-7H,1H3,(H,16,17). The van der Waals surface area contributed by atoms with Gasteiger partial charge in [0.05, 0.1) is 17.0 Å². The highest BCUT2D eigenvalue weighted by atomic mass is 16.4. The molecule has 3 heterocycles. The summed E-state index contributed by atoms with van der Waals surface area (Å²) in [5.74, 6) is -1.01. The fourth-order valence-electron chi connectivity index (χ4n) is 2.08. The predicted octanol–water partition coefficient (Wildman–Crippen LogP) is 2.60. The van der Waals surface area contributed by atoms with E-state index in [0.717, 1.165) is 17.0 Å². The SMILES string of the molecule is Cc1nc2ccccn2c1-c1cocc1C(=O)O. The lowest BCUT2D eigenvalue weighted by atomic mass is 10.1. The number of carboxylic acid groups (broad SMARTS) is 1.